The molecule has 5 nitrogen and oxygen atoms in total. The van der Waals surface area contributed by atoms with Crippen molar-refractivity contribution in [2.45, 2.75) is 12.5 Å². The summed E-state index contributed by atoms with van der Waals surface area (Å²) in [6, 6.07) is 12.1. The number of hydrazone groups is 1. The smallest absolute Gasteiger partial charge is 0.281 e. The van der Waals surface area contributed by atoms with E-state index in [0.717, 1.165) is 22.1 Å². The van der Waals surface area contributed by atoms with Gasteiger partial charge in [0.1, 0.15) is 12.1 Å². The van der Waals surface area contributed by atoms with Crippen molar-refractivity contribution in [3.63, 3.8) is 0 Å². The van der Waals surface area contributed by atoms with Gasteiger partial charge < -0.3 is 9.64 Å². The summed E-state index contributed by atoms with van der Waals surface area (Å²) >= 11 is 0. The minimum atomic E-state index is -0.523. The van der Waals surface area contributed by atoms with Crippen LogP contribution in [0.1, 0.15) is 5.56 Å². The lowest BCUT2D eigenvalue weighted by molar-refractivity contribution is -0.127. The number of nitrogens with one attached hydrogen (secondary N) is 1. The number of hydrogen-bond acceptors (Lipinski definition) is 3. The fourth-order valence-electron chi connectivity index (χ4n) is 2.44. The van der Waals surface area contributed by atoms with Gasteiger partial charge >= 0.3 is 0 Å². The molecule has 1 aliphatic rings. The minimum Gasteiger partial charge on any atom is -0.480 e. The number of ether oxygens (including phenoxy) is 1. The van der Waals surface area contributed by atoms with E-state index in [0.29, 0.717) is 6.42 Å². The zero-order valence-electron chi connectivity index (χ0n) is 12.0. The van der Waals surface area contributed by atoms with Gasteiger partial charge in [-0.05, 0) is 16.8 Å². The predicted molar refractivity (Wildman–Crippen MR) is 82.4 cm³/mol. The first-order valence-corrected chi connectivity index (χ1v) is 6.82. The molecule has 1 amide bonds. The number of rotatable bonds is 3. The zero-order chi connectivity index (χ0) is 14.8. The van der Waals surface area contributed by atoms with Crippen molar-refractivity contribution in [2.75, 3.05) is 14.1 Å². The molecule has 0 fully saturated rings. The zero-order valence-corrected chi connectivity index (χ0v) is 12.0. The normalized spacial score (nSPS) is 16.8. The molecule has 21 heavy (non-hydrogen) atoms. The number of carbonyl (C=O) groups excluding carboxylic acids is 1. The molecule has 1 N–H and O–H groups in total. The van der Waals surface area contributed by atoms with Gasteiger partial charge in [-0.15, -0.1) is 0 Å². The van der Waals surface area contributed by atoms with Crippen LogP contribution in [0.25, 0.3) is 10.8 Å². The Bertz CT molecular complexity index is 710. The third-order valence-corrected chi connectivity index (χ3v) is 3.41. The van der Waals surface area contributed by atoms with Crippen LogP contribution in [0, 0.1) is 0 Å². The summed E-state index contributed by atoms with van der Waals surface area (Å²) in [6.07, 6.45) is 1.58. The fraction of sp³-hybridized carbons (Fsp3) is 0.250. The first-order chi connectivity index (χ1) is 10.1. The molecule has 3 rings (SSSR count). The van der Waals surface area contributed by atoms with Crippen LogP contribution in [0.3, 0.4) is 0 Å². The van der Waals surface area contributed by atoms with Crippen molar-refractivity contribution in [3.8, 4) is 5.75 Å². The largest absolute Gasteiger partial charge is 0.480 e. The molecule has 5 heteroatoms. The van der Waals surface area contributed by atoms with Gasteiger partial charge in [-0.25, -0.2) is 5.43 Å². The maximum atomic E-state index is 12.1. The molecule has 0 unspecified atom stereocenters. The highest BCUT2D eigenvalue weighted by molar-refractivity contribution is 5.91. The quantitative estimate of drug-likeness (QED) is 0.530. The molecule has 0 saturated carbocycles. The van der Waals surface area contributed by atoms with Crippen LogP contribution in [0.5, 0.6) is 5.75 Å². The van der Waals surface area contributed by atoms with Crippen molar-refractivity contribution in [1.29, 1.82) is 0 Å². The maximum Gasteiger partial charge on any atom is 0.281 e. The van der Waals surface area contributed by atoms with Crippen LogP contribution >= 0.6 is 0 Å². The van der Waals surface area contributed by atoms with E-state index in [4.69, 9.17) is 4.74 Å². The van der Waals surface area contributed by atoms with E-state index >= 15 is 0 Å². The molecule has 0 aromatic heterocycles. The van der Waals surface area contributed by atoms with Crippen molar-refractivity contribution < 1.29 is 9.53 Å². The van der Waals surface area contributed by atoms with E-state index < -0.39 is 6.10 Å². The van der Waals surface area contributed by atoms with Gasteiger partial charge in [0, 0.05) is 26.1 Å². The number of benzene rings is 2. The number of carbonyl (C=O) groups is 1. The first kappa shape index (κ1) is 13.4. The number of nitrogens with zero attached hydrogens (tertiary/aromatic N) is 2. The molecule has 1 heterocycles. The second-order valence-corrected chi connectivity index (χ2v) is 5.26. The molecule has 2 aromatic carbocycles. The van der Waals surface area contributed by atoms with Gasteiger partial charge in [-0.3, -0.25) is 4.79 Å². The average molecular weight is 283 g/mol. The Hall–Kier alpha value is -2.56. The van der Waals surface area contributed by atoms with Crippen LogP contribution in [0.15, 0.2) is 41.5 Å². The van der Waals surface area contributed by atoms with Crippen molar-refractivity contribution in [3.05, 3.63) is 42.0 Å². The van der Waals surface area contributed by atoms with Gasteiger partial charge in [-0.2, -0.15) is 5.10 Å². The summed E-state index contributed by atoms with van der Waals surface area (Å²) < 4.78 is 5.73. The van der Waals surface area contributed by atoms with E-state index in [-0.39, 0.29) is 5.91 Å². The molecule has 0 aliphatic carbocycles. The lowest BCUT2D eigenvalue weighted by Crippen LogP contribution is -2.35. The molecule has 0 bridgehead atoms. The summed E-state index contributed by atoms with van der Waals surface area (Å²) in [5, 5.41) is 6.16. The molecule has 0 radical (unpaired) electrons. The van der Waals surface area contributed by atoms with Crippen molar-refractivity contribution >= 4 is 23.0 Å². The molecule has 2 aromatic rings. The van der Waals surface area contributed by atoms with Gasteiger partial charge in [0.05, 0.1) is 0 Å². The van der Waals surface area contributed by atoms with Gasteiger partial charge in [0.15, 0.2) is 6.10 Å². The number of hydrogen-bond donors (Lipinski definition) is 1. The summed E-state index contributed by atoms with van der Waals surface area (Å²) in [5.41, 5.74) is 3.59. The highest BCUT2D eigenvalue weighted by Gasteiger charge is 2.30. The second-order valence-electron chi connectivity index (χ2n) is 5.26. The molecule has 1 aliphatic heterocycles. The highest BCUT2D eigenvalue weighted by Crippen LogP contribution is 2.34. The third-order valence-electron chi connectivity index (χ3n) is 3.41. The molecule has 0 spiro atoms. The molecular formula is C16H17N3O2. The Morgan fingerprint density at radius 1 is 1.33 bits per heavy atom. The maximum absolute atomic E-state index is 12.1. The second kappa shape index (κ2) is 5.44. The van der Waals surface area contributed by atoms with Gasteiger partial charge in [0.25, 0.3) is 5.91 Å². The summed E-state index contributed by atoms with van der Waals surface area (Å²) in [6.45, 7) is 0. The molecule has 108 valence electrons. The first-order valence-electron chi connectivity index (χ1n) is 6.82. The van der Waals surface area contributed by atoms with Crippen LogP contribution < -0.4 is 10.2 Å². The van der Waals surface area contributed by atoms with Crippen LogP contribution in [-0.4, -0.2) is 37.3 Å². The van der Waals surface area contributed by atoms with Crippen LogP contribution in [0.2, 0.25) is 0 Å². The van der Waals surface area contributed by atoms with Crippen LogP contribution in [0.4, 0.5) is 0 Å². The van der Waals surface area contributed by atoms with E-state index in [2.05, 4.69) is 22.7 Å². The predicted octanol–water partition coefficient (Wildman–Crippen LogP) is 1.76. The molecule has 1 atom stereocenters. The Balaban J connectivity index is 1.78. The standard InChI is InChI=1S/C16H17N3O2/c1-19(2)10-17-18-16(20)15-9-13-12-6-4-3-5-11(12)7-8-14(13)21-15/h3-8,10,15H,9H2,1-2H3,(H,18,20)/b17-10-/t15-/m1/s1. The topological polar surface area (TPSA) is 53.9 Å². The molecule has 0 saturated heterocycles. The van der Waals surface area contributed by atoms with Crippen LogP contribution in [-0.2, 0) is 11.2 Å². The van der Waals surface area contributed by atoms with Crippen molar-refractivity contribution in [2.24, 2.45) is 5.10 Å². The Labute approximate surface area is 123 Å². The summed E-state index contributed by atoms with van der Waals surface area (Å²) in [5.74, 6) is 0.554. The highest BCUT2D eigenvalue weighted by atomic mass is 16.5. The Kier molecular flexibility index (Phi) is 3.48. The SMILES string of the molecule is CN(C)/C=N\NC(=O)[C@H]1Cc2c(ccc3ccccc23)O1. The summed E-state index contributed by atoms with van der Waals surface area (Å²) in [4.78, 5) is 13.8. The third kappa shape index (κ3) is 2.67. The number of amides is 1. The minimum absolute atomic E-state index is 0.228. The monoisotopic (exact) mass is 283 g/mol. The number of fused-ring (bicyclic) bond motifs is 3. The van der Waals surface area contributed by atoms with Crippen molar-refractivity contribution in [1.82, 2.24) is 10.3 Å². The fourth-order valence-corrected chi connectivity index (χ4v) is 2.44. The molecular weight excluding hydrogens is 266 g/mol. The van der Waals surface area contributed by atoms with E-state index in [1.807, 2.05) is 38.4 Å². The van der Waals surface area contributed by atoms with Gasteiger partial charge in [-0.1, -0.05) is 30.3 Å². The van der Waals surface area contributed by atoms with Gasteiger partial charge in [0.2, 0.25) is 0 Å². The van der Waals surface area contributed by atoms with E-state index in [1.54, 1.807) is 4.90 Å². The van der Waals surface area contributed by atoms with E-state index in [9.17, 15) is 4.79 Å². The lowest BCUT2D eigenvalue weighted by atomic mass is 10.0. The summed E-state index contributed by atoms with van der Waals surface area (Å²) in [7, 11) is 3.67. The van der Waals surface area contributed by atoms with E-state index in [1.165, 1.54) is 6.34 Å². The lowest BCUT2D eigenvalue weighted by Gasteiger charge is -2.08. The Morgan fingerprint density at radius 2 is 2.14 bits per heavy atom. The Morgan fingerprint density at radius 3 is 2.95 bits per heavy atom. The average Bonchev–Trinajstić information content (AvgIpc) is 2.91.